The van der Waals surface area contributed by atoms with Crippen LogP contribution in [0.1, 0.15) is 41.2 Å². The monoisotopic (exact) mass is 523 g/mol. The minimum Gasteiger partial charge on any atom is -0.497 e. The van der Waals surface area contributed by atoms with Crippen LogP contribution in [-0.2, 0) is 10.0 Å². The number of likely N-dealkylation sites (tertiary alicyclic amines) is 1. The predicted octanol–water partition coefficient (Wildman–Crippen LogP) is 4.46. The number of piperidine rings is 1. The smallest absolute Gasteiger partial charge is 0.262 e. The molecule has 3 aromatic rings. The average molecular weight is 524 g/mol. The van der Waals surface area contributed by atoms with Gasteiger partial charge in [-0.25, -0.2) is 8.42 Å². The maximum absolute atomic E-state index is 13.1. The number of amides is 1. The average Bonchev–Trinajstić information content (AvgIpc) is 2.94. The highest BCUT2D eigenvalue weighted by atomic mass is 32.2. The maximum Gasteiger partial charge on any atom is 0.262 e. The van der Waals surface area contributed by atoms with Crippen molar-refractivity contribution in [3.8, 4) is 11.5 Å². The van der Waals surface area contributed by atoms with Gasteiger partial charge in [0.15, 0.2) is 0 Å². The van der Waals surface area contributed by atoms with Crippen molar-refractivity contribution in [3.63, 3.8) is 0 Å². The van der Waals surface area contributed by atoms with Crippen LogP contribution in [0.3, 0.4) is 0 Å². The summed E-state index contributed by atoms with van der Waals surface area (Å²) in [6.45, 7) is 2.34. The first kappa shape index (κ1) is 26.5. The molecule has 0 aromatic heterocycles. The van der Waals surface area contributed by atoms with E-state index in [1.54, 1.807) is 43.5 Å². The molecule has 1 amide bonds. The zero-order valence-electron chi connectivity index (χ0n) is 21.1. The molecule has 1 fully saturated rings. The Kier molecular flexibility index (Phi) is 8.68. The van der Waals surface area contributed by atoms with Gasteiger partial charge >= 0.3 is 0 Å². The summed E-state index contributed by atoms with van der Waals surface area (Å²) in [5.41, 5.74) is 1.69. The standard InChI is InChI=1S/C28H33N3O5S/c1-35-23-15-13-21(14-16-23)26(31-17-6-3-7-18-31)20-29-28(32)22-9-8-10-24(19-22)37(33,34)30-25-11-4-5-12-27(25)36-2/h4-5,8-16,19,26,30H,3,6-7,17-18,20H2,1-2H3,(H,29,32)/t26-/m0/s1. The maximum atomic E-state index is 13.1. The lowest BCUT2D eigenvalue weighted by Crippen LogP contribution is -2.40. The molecule has 9 heteroatoms. The largest absolute Gasteiger partial charge is 0.497 e. The molecule has 0 aliphatic carbocycles. The van der Waals surface area contributed by atoms with Crippen molar-refractivity contribution in [3.05, 3.63) is 83.9 Å². The van der Waals surface area contributed by atoms with Crippen LogP contribution in [0, 0.1) is 0 Å². The third kappa shape index (κ3) is 6.61. The molecule has 1 aliphatic rings. The van der Waals surface area contributed by atoms with E-state index < -0.39 is 10.0 Å². The molecule has 1 atom stereocenters. The Morgan fingerprint density at radius 3 is 2.35 bits per heavy atom. The van der Waals surface area contributed by atoms with Crippen molar-refractivity contribution < 1.29 is 22.7 Å². The Bertz CT molecular complexity index is 1310. The Morgan fingerprint density at radius 2 is 1.65 bits per heavy atom. The minimum absolute atomic E-state index is 0.00575. The lowest BCUT2D eigenvalue weighted by molar-refractivity contribution is 0.0924. The topological polar surface area (TPSA) is 97.0 Å². The second-order valence-corrected chi connectivity index (χ2v) is 10.6. The number of sulfonamides is 1. The highest BCUT2D eigenvalue weighted by Crippen LogP contribution is 2.27. The van der Waals surface area contributed by atoms with E-state index in [2.05, 4.69) is 14.9 Å². The van der Waals surface area contributed by atoms with Crippen molar-refractivity contribution in [2.75, 3.05) is 38.6 Å². The first-order valence-corrected chi connectivity index (χ1v) is 13.8. The first-order valence-electron chi connectivity index (χ1n) is 12.3. The van der Waals surface area contributed by atoms with E-state index in [1.165, 1.54) is 25.7 Å². The molecular formula is C28H33N3O5S. The van der Waals surface area contributed by atoms with Crippen LogP contribution in [0.2, 0.25) is 0 Å². The van der Waals surface area contributed by atoms with E-state index in [9.17, 15) is 13.2 Å². The van der Waals surface area contributed by atoms with Gasteiger partial charge in [-0.2, -0.15) is 0 Å². The number of nitrogens with one attached hydrogen (secondary N) is 2. The molecule has 0 saturated carbocycles. The number of nitrogens with zero attached hydrogens (tertiary/aromatic N) is 1. The Balaban J connectivity index is 1.49. The van der Waals surface area contributed by atoms with Gasteiger partial charge in [0, 0.05) is 12.1 Å². The Morgan fingerprint density at radius 1 is 0.919 bits per heavy atom. The number of benzene rings is 3. The second-order valence-electron chi connectivity index (χ2n) is 8.93. The van der Waals surface area contributed by atoms with E-state index in [1.807, 2.05) is 24.3 Å². The third-order valence-electron chi connectivity index (χ3n) is 6.55. The van der Waals surface area contributed by atoms with Crippen molar-refractivity contribution in [1.29, 1.82) is 0 Å². The summed E-state index contributed by atoms with van der Waals surface area (Å²) in [4.78, 5) is 15.5. The van der Waals surface area contributed by atoms with Crippen LogP contribution < -0.4 is 19.5 Å². The first-order chi connectivity index (χ1) is 17.9. The number of hydrogen-bond acceptors (Lipinski definition) is 6. The summed E-state index contributed by atoms with van der Waals surface area (Å²) < 4.78 is 39.2. The van der Waals surface area contributed by atoms with Crippen molar-refractivity contribution in [2.45, 2.75) is 30.2 Å². The SMILES string of the molecule is COc1ccc([C@H](CNC(=O)c2cccc(S(=O)(=O)Nc3ccccc3OC)c2)N2CCCCC2)cc1. The Labute approximate surface area is 218 Å². The van der Waals surface area contributed by atoms with Gasteiger partial charge in [0.25, 0.3) is 15.9 Å². The van der Waals surface area contributed by atoms with Gasteiger partial charge in [0.1, 0.15) is 11.5 Å². The van der Waals surface area contributed by atoms with Crippen molar-refractivity contribution in [2.24, 2.45) is 0 Å². The van der Waals surface area contributed by atoms with Gasteiger partial charge in [-0.05, 0) is 74.0 Å². The Hall–Kier alpha value is -3.56. The van der Waals surface area contributed by atoms with Crippen molar-refractivity contribution >= 4 is 21.6 Å². The molecule has 0 unspecified atom stereocenters. The molecular weight excluding hydrogens is 490 g/mol. The van der Waals surface area contributed by atoms with Crippen LogP contribution in [0.15, 0.2) is 77.7 Å². The summed E-state index contributed by atoms with van der Waals surface area (Å²) in [7, 11) is -0.820. The lowest BCUT2D eigenvalue weighted by Gasteiger charge is -2.35. The van der Waals surface area contributed by atoms with Gasteiger partial charge in [0.2, 0.25) is 0 Å². The summed E-state index contributed by atoms with van der Waals surface area (Å²) in [6, 6.07) is 20.7. The van der Waals surface area contributed by atoms with E-state index in [4.69, 9.17) is 9.47 Å². The fourth-order valence-corrected chi connectivity index (χ4v) is 5.66. The molecule has 8 nitrogen and oxygen atoms in total. The van der Waals surface area contributed by atoms with Crippen LogP contribution >= 0.6 is 0 Å². The molecule has 196 valence electrons. The summed E-state index contributed by atoms with van der Waals surface area (Å²) in [5.74, 6) is 0.858. The van der Waals surface area contributed by atoms with Gasteiger partial charge < -0.3 is 14.8 Å². The van der Waals surface area contributed by atoms with E-state index >= 15 is 0 Å². The number of carbonyl (C=O) groups is 1. The molecule has 1 saturated heterocycles. The second kappa shape index (κ2) is 12.1. The molecule has 0 spiro atoms. The zero-order valence-corrected chi connectivity index (χ0v) is 22.0. The molecule has 1 aliphatic heterocycles. The molecule has 0 bridgehead atoms. The number of methoxy groups -OCH3 is 2. The normalized spacial score (nSPS) is 15.0. The highest BCUT2D eigenvalue weighted by Gasteiger charge is 2.24. The van der Waals surface area contributed by atoms with Gasteiger partial charge in [-0.1, -0.05) is 36.8 Å². The molecule has 4 rings (SSSR count). The van der Waals surface area contributed by atoms with Gasteiger partial charge in [0.05, 0.1) is 30.8 Å². The highest BCUT2D eigenvalue weighted by molar-refractivity contribution is 7.92. The third-order valence-corrected chi connectivity index (χ3v) is 7.91. The number of rotatable bonds is 10. The van der Waals surface area contributed by atoms with Crippen molar-refractivity contribution in [1.82, 2.24) is 10.2 Å². The van der Waals surface area contributed by atoms with Crippen LogP contribution in [0.4, 0.5) is 5.69 Å². The number of hydrogen-bond donors (Lipinski definition) is 2. The minimum atomic E-state index is -3.93. The molecule has 2 N–H and O–H groups in total. The molecule has 37 heavy (non-hydrogen) atoms. The number of anilines is 1. The number of carbonyl (C=O) groups excluding carboxylic acids is 1. The van der Waals surface area contributed by atoms with Gasteiger partial charge in [-0.15, -0.1) is 0 Å². The van der Waals surface area contributed by atoms with Crippen LogP contribution in [0.25, 0.3) is 0 Å². The van der Waals surface area contributed by atoms with Crippen LogP contribution in [0.5, 0.6) is 11.5 Å². The quantitative estimate of drug-likeness (QED) is 0.407. The number of para-hydroxylation sites is 2. The molecule has 3 aromatic carbocycles. The number of ether oxygens (including phenoxy) is 2. The van der Waals surface area contributed by atoms with Crippen LogP contribution in [-0.4, -0.2) is 53.1 Å². The summed E-state index contributed by atoms with van der Waals surface area (Å²) >= 11 is 0. The lowest BCUT2D eigenvalue weighted by atomic mass is 10.0. The molecule has 1 heterocycles. The summed E-state index contributed by atoms with van der Waals surface area (Å²) in [6.07, 6.45) is 3.46. The molecule has 0 radical (unpaired) electrons. The van der Waals surface area contributed by atoms with E-state index in [0.29, 0.717) is 18.0 Å². The fourth-order valence-electron chi connectivity index (χ4n) is 4.54. The summed E-state index contributed by atoms with van der Waals surface area (Å²) in [5, 5.41) is 3.02. The fraction of sp³-hybridized carbons (Fsp3) is 0.321. The zero-order chi connectivity index (χ0) is 26.3. The van der Waals surface area contributed by atoms with E-state index in [-0.39, 0.29) is 22.4 Å². The predicted molar refractivity (Wildman–Crippen MR) is 144 cm³/mol. The van der Waals surface area contributed by atoms with Gasteiger partial charge in [-0.3, -0.25) is 14.4 Å². The van der Waals surface area contributed by atoms with E-state index in [0.717, 1.165) is 37.2 Å².